The number of piperazine rings is 1. The molecule has 0 bridgehead atoms. The van der Waals surface area contributed by atoms with Gasteiger partial charge in [-0.15, -0.1) is 0 Å². The molecule has 144 valence electrons. The number of nitrogen functional groups attached to an aromatic ring is 1. The average Bonchev–Trinajstić information content (AvgIpc) is 2.70. The summed E-state index contributed by atoms with van der Waals surface area (Å²) >= 11 is 12.1. The number of hydrogen-bond acceptors (Lipinski definition) is 6. The maximum Gasteiger partial charge on any atom is 0.159 e. The second-order valence-electron chi connectivity index (χ2n) is 6.55. The standard InChI is InChI=1S/C20H20Cl2N6/c21-14-10-15(22)12-16(11-14)26-19-18(23)20(25-13-24-19)28-8-6-27(7-9-28)17-4-2-1-3-5-17/h1-5,10-13H,6-9,23H2,(H,24,25,26). The number of halogens is 2. The largest absolute Gasteiger partial charge is 0.393 e. The fourth-order valence-corrected chi connectivity index (χ4v) is 3.84. The molecule has 28 heavy (non-hydrogen) atoms. The quantitative estimate of drug-likeness (QED) is 0.657. The fourth-order valence-electron chi connectivity index (χ4n) is 3.32. The van der Waals surface area contributed by atoms with E-state index in [4.69, 9.17) is 28.9 Å². The van der Waals surface area contributed by atoms with Crippen molar-refractivity contribution in [2.24, 2.45) is 0 Å². The summed E-state index contributed by atoms with van der Waals surface area (Å²) < 4.78 is 0. The summed E-state index contributed by atoms with van der Waals surface area (Å²) in [5, 5.41) is 4.27. The number of nitrogens with two attached hydrogens (primary N) is 1. The van der Waals surface area contributed by atoms with Gasteiger partial charge in [0.05, 0.1) is 0 Å². The van der Waals surface area contributed by atoms with Crippen LogP contribution in [0.25, 0.3) is 0 Å². The lowest BCUT2D eigenvalue weighted by Gasteiger charge is -2.37. The summed E-state index contributed by atoms with van der Waals surface area (Å²) in [5.74, 6) is 1.27. The third-order valence-corrected chi connectivity index (χ3v) is 5.13. The molecule has 1 fully saturated rings. The van der Waals surface area contributed by atoms with Crippen molar-refractivity contribution in [1.29, 1.82) is 0 Å². The molecule has 1 aromatic heterocycles. The van der Waals surface area contributed by atoms with Gasteiger partial charge in [0.2, 0.25) is 0 Å². The van der Waals surface area contributed by atoms with Crippen LogP contribution in [0.3, 0.4) is 0 Å². The first-order valence-corrected chi connectivity index (χ1v) is 9.74. The molecule has 3 N–H and O–H groups in total. The van der Waals surface area contributed by atoms with Crippen LogP contribution in [0.4, 0.5) is 28.7 Å². The maximum atomic E-state index is 6.38. The highest BCUT2D eigenvalue weighted by molar-refractivity contribution is 6.35. The minimum atomic E-state index is 0.506. The van der Waals surface area contributed by atoms with Crippen molar-refractivity contribution < 1.29 is 0 Å². The van der Waals surface area contributed by atoms with E-state index in [1.165, 1.54) is 12.0 Å². The highest BCUT2D eigenvalue weighted by atomic mass is 35.5. The Morgan fingerprint density at radius 1 is 0.857 bits per heavy atom. The van der Waals surface area contributed by atoms with E-state index in [9.17, 15) is 0 Å². The Morgan fingerprint density at radius 2 is 1.50 bits per heavy atom. The molecule has 2 heterocycles. The molecule has 1 saturated heterocycles. The van der Waals surface area contributed by atoms with E-state index in [0.29, 0.717) is 21.6 Å². The molecule has 2 aromatic carbocycles. The molecule has 4 rings (SSSR count). The first-order valence-electron chi connectivity index (χ1n) is 8.99. The Morgan fingerprint density at radius 3 is 2.18 bits per heavy atom. The predicted octanol–water partition coefficient (Wildman–Crippen LogP) is 4.44. The minimum absolute atomic E-state index is 0.506. The minimum Gasteiger partial charge on any atom is -0.393 e. The normalized spacial score (nSPS) is 14.2. The van der Waals surface area contributed by atoms with Gasteiger partial charge in [-0.25, -0.2) is 9.97 Å². The molecule has 0 amide bonds. The molecule has 0 saturated carbocycles. The Kier molecular flexibility index (Phi) is 5.41. The molecule has 3 aromatic rings. The SMILES string of the molecule is Nc1c(Nc2cc(Cl)cc(Cl)c2)ncnc1N1CCN(c2ccccc2)CC1. The van der Waals surface area contributed by atoms with E-state index >= 15 is 0 Å². The molecule has 1 aliphatic heterocycles. The van der Waals surface area contributed by atoms with Crippen LogP contribution < -0.4 is 20.9 Å². The van der Waals surface area contributed by atoms with Crippen molar-refractivity contribution in [2.45, 2.75) is 0 Å². The number of rotatable bonds is 4. The van der Waals surface area contributed by atoms with Crippen LogP contribution in [0.5, 0.6) is 0 Å². The number of aromatic nitrogens is 2. The monoisotopic (exact) mass is 414 g/mol. The number of para-hydroxylation sites is 1. The summed E-state index contributed by atoms with van der Waals surface area (Å²) in [4.78, 5) is 13.2. The lowest BCUT2D eigenvalue weighted by molar-refractivity contribution is 0.647. The topological polar surface area (TPSA) is 70.3 Å². The van der Waals surface area contributed by atoms with Gasteiger partial charge in [0.15, 0.2) is 11.6 Å². The van der Waals surface area contributed by atoms with Crippen molar-refractivity contribution >= 4 is 51.9 Å². The molecule has 0 spiro atoms. The smallest absolute Gasteiger partial charge is 0.159 e. The number of anilines is 5. The van der Waals surface area contributed by atoms with Gasteiger partial charge in [-0.1, -0.05) is 41.4 Å². The summed E-state index contributed by atoms with van der Waals surface area (Å²) in [5.41, 5.74) is 8.84. The lowest BCUT2D eigenvalue weighted by atomic mass is 10.2. The number of nitrogens with one attached hydrogen (secondary N) is 1. The number of nitrogens with zero attached hydrogens (tertiary/aromatic N) is 4. The van der Waals surface area contributed by atoms with Gasteiger partial charge in [-0.05, 0) is 30.3 Å². The van der Waals surface area contributed by atoms with E-state index in [1.54, 1.807) is 18.2 Å². The molecular formula is C20H20Cl2N6. The van der Waals surface area contributed by atoms with Crippen LogP contribution in [0.15, 0.2) is 54.9 Å². The first-order chi connectivity index (χ1) is 13.6. The second kappa shape index (κ2) is 8.12. The Labute approximate surface area is 173 Å². The molecule has 6 nitrogen and oxygen atoms in total. The van der Waals surface area contributed by atoms with Gasteiger partial charge in [0.1, 0.15) is 12.0 Å². The van der Waals surface area contributed by atoms with E-state index < -0.39 is 0 Å². The highest BCUT2D eigenvalue weighted by Gasteiger charge is 2.21. The Hall–Kier alpha value is -2.70. The van der Waals surface area contributed by atoms with Gasteiger partial charge < -0.3 is 20.9 Å². The third kappa shape index (κ3) is 4.08. The van der Waals surface area contributed by atoms with Crippen LogP contribution in [0, 0.1) is 0 Å². The predicted molar refractivity (Wildman–Crippen MR) is 117 cm³/mol. The van der Waals surface area contributed by atoms with Crippen LogP contribution in [-0.4, -0.2) is 36.1 Å². The van der Waals surface area contributed by atoms with Crippen LogP contribution in [-0.2, 0) is 0 Å². The van der Waals surface area contributed by atoms with Gasteiger partial charge >= 0.3 is 0 Å². The molecular weight excluding hydrogens is 395 g/mol. The Bertz CT molecular complexity index is 938. The van der Waals surface area contributed by atoms with Crippen molar-refractivity contribution in [3.05, 3.63) is 64.9 Å². The number of hydrogen-bond donors (Lipinski definition) is 2. The van der Waals surface area contributed by atoms with Gasteiger partial charge in [-0.3, -0.25) is 0 Å². The Balaban J connectivity index is 1.49. The van der Waals surface area contributed by atoms with E-state index in [1.807, 2.05) is 6.07 Å². The van der Waals surface area contributed by atoms with Gasteiger partial charge in [-0.2, -0.15) is 0 Å². The molecule has 0 aliphatic carbocycles. The summed E-state index contributed by atoms with van der Waals surface area (Å²) in [7, 11) is 0. The first kappa shape index (κ1) is 18.7. The summed E-state index contributed by atoms with van der Waals surface area (Å²) in [6.45, 7) is 3.47. The van der Waals surface area contributed by atoms with Crippen molar-refractivity contribution in [3.63, 3.8) is 0 Å². The van der Waals surface area contributed by atoms with Gasteiger partial charge in [0, 0.05) is 47.6 Å². The van der Waals surface area contributed by atoms with Crippen LogP contribution >= 0.6 is 23.2 Å². The molecule has 0 unspecified atom stereocenters. The zero-order valence-corrected chi connectivity index (χ0v) is 16.7. The zero-order valence-electron chi connectivity index (χ0n) is 15.1. The van der Waals surface area contributed by atoms with Crippen LogP contribution in [0.2, 0.25) is 10.0 Å². The second-order valence-corrected chi connectivity index (χ2v) is 7.43. The summed E-state index contributed by atoms with van der Waals surface area (Å²) in [6, 6.07) is 15.6. The van der Waals surface area contributed by atoms with Gasteiger partial charge in [0.25, 0.3) is 0 Å². The molecule has 0 atom stereocenters. The highest BCUT2D eigenvalue weighted by Crippen LogP contribution is 2.31. The van der Waals surface area contributed by atoms with E-state index in [-0.39, 0.29) is 0 Å². The van der Waals surface area contributed by atoms with Crippen molar-refractivity contribution in [1.82, 2.24) is 9.97 Å². The van der Waals surface area contributed by atoms with Crippen LogP contribution in [0.1, 0.15) is 0 Å². The summed E-state index contributed by atoms with van der Waals surface area (Å²) in [6.07, 6.45) is 1.52. The third-order valence-electron chi connectivity index (χ3n) is 4.69. The molecule has 0 radical (unpaired) electrons. The van der Waals surface area contributed by atoms with Crippen molar-refractivity contribution in [2.75, 3.05) is 47.0 Å². The average molecular weight is 415 g/mol. The fraction of sp³-hybridized carbons (Fsp3) is 0.200. The zero-order chi connectivity index (χ0) is 19.5. The molecule has 1 aliphatic rings. The molecule has 8 heteroatoms. The van der Waals surface area contributed by atoms with E-state index in [0.717, 1.165) is 37.7 Å². The number of benzene rings is 2. The van der Waals surface area contributed by atoms with Crippen molar-refractivity contribution in [3.8, 4) is 0 Å². The maximum absolute atomic E-state index is 6.38. The lowest BCUT2D eigenvalue weighted by Crippen LogP contribution is -2.47. The van der Waals surface area contributed by atoms with E-state index in [2.05, 4.69) is 49.4 Å².